The molecule has 0 aromatic heterocycles. The van der Waals surface area contributed by atoms with Gasteiger partial charge in [0.1, 0.15) is 6.29 Å². The number of carbonyl (C=O) groups is 1. The van der Waals surface area contributed by atoms with E-state index in [9.17, 15) is 4.79 Å². The summed E-state index contributed by atoms with van der Waals surface area (Å²) >= 11 is 0. The van der Waals surface area contributed by atoms with Gasteiger partial charge in [-0.1, -0.05) is 34.6 Å². The summed E-state index contributed by atoms with van der Waals surface area (Å²) in [6, 6.07) is 0. The smallest absolute Gasteiger partial charge is 0.124 e. The molecule has 14 heavy (non-hydrogen) atoms. The van der Waals surface area contributed by atoms with Gasteiger partial charge in [0.15, 0.2) is 0 Å². The Labute approximate surface area is 87.3 Å². The molecule has 0 aromatic rings. The lowest BCUT2D eigenvalue weighted by molar-refractivity contribution is -0.227. The highest BCUT2D eigenvalue weighted by Crippen LogP contribution is 2.78. The minimum Gasteiger partial charge on any atom is -0.303 e. The van der Waals surface area contributed by atoms with Crippen LogP contribution in [-0.2, 0) is 4.79 Å². The number of aldehydes is 1. The molecule has 0 N–H and O–H groups in total. The highest BCUT2D eigenvalue weighted by atomic mass is 16.1. The molecule has 1 nitrogen and oxygen atoms in total. The van der Waals surface area contributed by atoms with Gasteiger partial charge < -0.3 is 4.79 Å². The lowest BCUT2D eigenvalue weighted by Crippen LogP contribution is -2.67. The molecular formula is C13H22O. The molecule has 0 amide bonds. The van der Waals surface area contributed by atoms with E-state index in [1.54, 1.807) is 0 Å². The first-order valence-electron chi connectivity index (χ1n) is 5.77. The maximum atomic E-state index is 11.2. The minimum atomic E-state index is 0.203. The highest BCUT2D eigenvalue weighted by Gasteiger charge is 2.74. The Balaban J connectivity index is 2.47. The van der Waals surface area contributed by atoms with Gasteiger partial charge in [0.05, 0.1) is 0 Å². The van der Waals surface area contributed by atoms with E-state index >= 15 is 0 Å². The zero-order valence-corrected chi connectivity index (χ0v) is 10.1. The van der Waals surface area contributed by atoms with Gasteiger partial charge in [-0.25, -0.2) is 0 Å². The van der Waals surface area contributed by atoms with E-state index in [0.29, 0.717) is 11.3 Å². The van der Waals surface area contributed by atoms with Crippen LogP contribution in [0, 0.1) is 28.1 Å². The van der Waals surface area contributed by atoms with E-state index in [2.05, 4.69) is 34.6 Å². The Morgan fingerprint density at radius 3 is 2.29 bits per heavy atom. The van der Waals surface area contributed by atoms with Crippen LogP contribution < -0.4 is 0 Å². The van der Waals surface area contributed by atoms with Gasteiger partial charge in [-0.2, -0.15) is 0 Å². The Kier molecular flexibility index (Phi) is 1.77. The quantitative estimate of drug-likeness (QED) is 0.585. The predicted molar refractivity (Wildman–Crippen MR) is 57.9 cm³/mol. The van der Waals surface area contributed by atoms with Crippen molar-refractivity contribution in [1.82, 2.24) is 0 Å². The summed E-state index contributed by atoms with van der Waals surface area (Å²) in [4.78, 5) is 11.2. The minimum absolute atomic E-state index is 0.203. The zero-order chi connectivity index (χ0) is 10.8. The SMILES string of the molecule is CC1CCC2(C)C(C)(C)C(C=O)C12C. The van der Waals surface area contributed by atoms with Gasteiger partial charge >= 0.3 is 0 Å². The topological polar surface area (TPSA) is 17.1 Å². The molecule has 2 aliphatic rings. The summed E-state index contributed by atoms with van der Waals surface area (Å²) in [5, 5.41) is 0. The molecule has 2 fully saturated rings. The van der Waals surface area contributed by atoms with E-state index in [4.69, 9.17) is 0 Å². The lowest BCUT2D eigenvalue weighted by atomic mass is 9.33. The van der Waals surface area contributed by atoms with Crippen LogP contribution in [-0.4, -0.2) is 6.29 Å². The van der Waals surface area contributed by atoms with Gasteiger partial charge in [-0.05, 0) is 35.0 Å². The standard InChI is InChI=1S/C13H22O/c1-9-6-7-12(4)11(2,3)10(8-14)13(9,12)5/h8-10H,6-7H2,1-5H3. The van der Waals surface area contributed by atoms with Gasteiger partial charge in [0.25, 0.3) is 0 Å². The van der Waals surface area contributed by atoms with E-state index < -0.39 is 0 Å². The van der Waals surface area contributed by atoms with Gasteiger partial charge in [0.2, 0.25) is 0 Å². The molecule has 0 saturated heterocycles. The average molecular weight is 194 g/mol. The van der Waals surface area contributed by atoms with Crippen LogP contribution in [0.25, 0.3) is 0 Å². The Morgan fingerprint density at radius 1 is 1.21 bits per heavy atom. The second-order valence-electron chi connectivity index (χ2n) is 6.39. The van der Waals surface area contributed by atoms with Gasteiger partial charge in [-0.15, -0.1) is 0 Å². The number of hydrogen-bond donors (Lipinski definition) is 0. The summed E-state index contributed by atoms with van der Waals surface area (Å²) in [7, 11) is 0. The van der Waals surface area contributed by atoms with Crippen LogP contribution in [0.1, 0.15) is 47.5 Å². The largest absolute Gasteiger partial charge is 0.303 e. The molecule has 0 bridgehead atoms. The normalized spacial score (nSPS) is 54.9. The summed E-state index contributed by atoms with van der Waals surface area (Å²) < 4.78 is 0. The number of carbonyl (C=O) groups excluding carboxylic acids is 1. The van der Waals surface area contributed by atoms with Gasteiger partial charge in [0, 0.05) is 5.92 Å². The third-order valence-electron chi connectivity index (χ3n) is 6.27. The zero-order valence-electron chi connectivity index (χ0n) is 10.1. The van der Waals surface area contributed by atoms with E-state index in [0.717, 1.165) is 0 Å². The van der Waals surface area contributed by atoms with Crippen molar-refractivity contribution in [2.75, 3.05) is 0 Å². The summed E-state index contributed by atoms with van der Waals surface area (Å²) in [5.41, 5.74) is 0.845. The Morgan fingerprint density at radius 2 is 1.79 bits per heavy atom. The molecule has 2 rings (SSSR count). The molecule has 0 aromatic carbocycles. The molecule has 0 radical (unpaired) electrons. The van der Waals surface area contributed by atoms with E-state index in [1.807, 2.05) is 0 Å². The number of fused-ring (bicyclic) bond motifs is 1. The van der Waals surface area contributed by atoms with Crippen molar-refractivity contribution in [3.8, 4) is 0 Å². The monoisotopic (exact) mass is 194 g/mol. The predicted octanol–water partition coefficient (Wildman–Crippen LogP) is 3.28. The molecule has 0 heterocycles. The van der Waals surface area contributed by atoms with Crippen LogP contribution in [0.3, 0.4) is 0 Å². The lowest BCUT2D eigenvalue weighted by Gasteiger charge is -2.70. The molecule has 0 aliphatic heterocycles. The molecule has 4 atom stereocenters. The number of hydrogen-bond acceptors (Lipinski definition) is 1. The van der Waals surface area contributed by atoms with Crippen molar-refractivity contribution < 1.29 is 4.79 Å². The fourth-order valence-corrected chi connectivity index (χ4v) is 4.61. The molecule has 1 heteroatoms. The van der Waals surface area contributed by atoms with Crippen LogP contribution in [0.4, 0.5) is 0 Å². The van der Waals surface area contributed by atoms with Crippen LogP contribution >= 0.6 is 0 Å². The molecule has 2 saturated carbocycles. The molecule has 0 spiro atoms. The second kappa shape index (κ2) is 2.43. The first-order chi connectivity index (χ1) is 6.32. The van der Waals surface area contributed by atoms with Crippen LogP contribution in [0.5, 0.6) is 0 Å². The molecule has 80 valence electrons. The van der Waals surface area contributed by atoms with Crippen LogP contribution in [0.15, 0.2) is 0 Å². The first-order valence-corrected chi connectivity index (χ1v) is 5.77. The Hall–Kier alpha value is -0.330. The first kappa shape index (κ1) is 10.2. The van der Waals surface area contributed by atoms with Gasteiger partial charge in [-0.3, -0.25) is 0 Å². The maximum Gasteiger partial charge on any atom is 0.124 e. The second-order valence-corrected chi connectivity index (χ2v) is 6.39. The molecule has 4 unspecified atom stereocenters. The third kappa shape index (κ3) is 0.697. The van der Waals surface area contributed by atoms with Crippen molar-refractivity contribution in [3.63, 3.8) is 0 Å². The fraction of sp³-hybridized carbons (Fsp3) is 0.923. The maximum absolute atomic E-state index is 11.2. The van der Waals surface area contributed by atoms with Crippen LogP contribution in [0.2, 0.25) is 0 Å². The van der Waals surface area contributed by atoms with Crippen molar-refractivity contribution in [2.45, 2.75) is 47.5 Å². The summed E-state index contributed by atoms with van der Waals surface area (Å²) in [5.74, 6) is 0.966. The average Bonchev–Trinajstić information content (AvgIpc) is 2.30. The van der Waals surface area contributed by atoms with Crippen molar-refractivity contribution in [2.24, 2.45) is 28.1 Å². The number of rotatable bonds is 1. The highest BCUT2D eigenvalue weighted by molar-refractivity contribution is 5.61. The van der Waals surface area contributed by atoms with E-state index in [1.165, 1.54) is 19.1 Å². The fourth-order valence-electron chi connectivity index (χ4n) is 4.61. The Bertz CT molecular complexity index is 281. The third-order valence-corrected chi connectivity index (χ3v) is 6.27. The van der Waals surface area contributed by atoms with Crippen molar-refractivity contribution in [3.05, 3.63) is 0 Å². The molecule has 2 aliphatic carbocycles. The van der Waals surface area contributed by atoms with E-state index in [-0.39, 0.29) is 16.7 Å². The molecular weight excluding hydrogens is 172 g/mol. The summed E-state index contributed by atoms with van der Waals surface area (Å²) in [6.07, 6.45) is 3.80. The van der Waals surface area contributed by atoms with Crippen molar-refractivity contribution >= 4 is 6.29 Å². The van der Waals surface area contributed by atoms with Crippen molar-refractivity contribution in [1.29, 1.82) is 0 Å². The summed E-state index contributed by atoms with van der Waals surface area (Å²) in [6.45, 7) is 11.6.